The molecule has 0 aliphatic carbocycles. The summed E-state index contributed by atoms with van der Waals surface area (Å²) >= 11 is 1.30. The van der Waals surface area contributed by atoms with E-state index in [1.165, 1.54) is 11.3 Å². The first-order valence-corrected chi connectivity index (χ1v) is 13.5. The number of thiazole rings is 1. The Balaban J connectivity index is 1.51. The highest BCUT2D eigenvalue weighted by molar-refractivity contribution is 7.07. The second-order valence-corrected chi connectivity index (χ2v) is 9.95. The number of hydrogen-bond donors (Lipinski definition) is 0. The van der Waals surface area contributed by atoms with E-state index >= 15 is 0 Å². The average molecular weight is 537 g/mol. The Morgan fingerprint density at radius 2 is 1.69 bits per heavy atom. The van der Waals surface area contributed by atoms with Gasteiger partial charge in [0.1, 0.15) is 12.4 Å². The zero-order valence-corrected chi connectivity index (χ0v) is 22.6. The summed E-state index contributed by atoms with van der Waals surface area (Å²) in [5.41, 5.74) is 3.56. The lowest BCUT2D eigenvalue weighted by atomic mass is 9.96. The lowest BCUT2D eigenvalue weighted by Crippen LogP contribution is -2.39. The molecule has 1 aliphatic heterocycles. The van der Waals surface area contributed by atoms with Crippen LogP contribution in [0, 0.1) is 0 Å². The number of allylic oxidation sites excluding steroid dienone is 2. The molecular formula is C32H28N2O4S. The summed E-state index contributed by atoms with van der Waals surface area (Å²) in [6, 6.07) is 26.6. The Morgan fingerprint density at radius 1 is 1.00 bits per heavy atom. The number of fused-ring (bicyclic) bond motifs is 1. The fourth-order valence-corrected chi connectivity index (χ4v) is 5.42. The minimum absolute atomic E-state index is 0.208. The second-order valence-electron chi connectivity index (χ2n) is 8.94. The van der Waals surface area contributed by atoms with Crippen LogP contribution in [0.15, 0.2) is 112 Å². The van der Waals surface area contributed by atoms with Gasteiger partial charge in [0.25, 0.3) is 5.56 Å². The van der Waals surface area contributed by atoms with E-state index in [1.54, 1.807) is 24.5 Å². The number of carbonyl (C=O) groups is 1. The molecule has 0 saturated heterocycles. The normalized spacial score (nSPS) is 15.2. The van der Waals surface area contributed by atoms with Crippen LogP contribution in [0.25, 0.3) is 12.2 Å². The summed E-state index contributed by atoms with van der Waals surface area (Å²) in [4.78, 5) is 31.9. The molecule has 0 radical (unpaired) electrons. The number of nitrogens with zero attached hydrogens (tertiary/aromatic N) is 2. The van der Waals surface area contributed by atoms with E-state index in [1.807, 2.05) is 97.1 Å². The van der Waals surface area contributed by atoms with Crippen LogP contribution in [0.1, 0.15) is 36.6 Å². The predicted molar refractivity (Wildman–Crippen MR) is 154 cm³/mol. The summed E-state index contributed by atoms with van der Waals surface area (Å²) in [6.07, 6.45) is 5.59. The first-order valence-electron chi connectivity index (χ1n) is 12.7. The molecule has 7 heteroatoms. The minimum atomic E-state index is -0.663. The average Bonchev–Trinajstić information content (AvgIpc) is 3.27. The van der Waals surface area contributed by atoms with Gasteiger partial charge in [0.15, 0.2) is 4.80 Å². The molecule has 4 aromatic rings. The number of benzene rings is 3. The van der Waals surface area contributed by atoms with Gasteiger partial charge >= 0.3 is 5.97 Å². The van der Waals surface area contributed by atoms with E-state index in [4.69, 9.17) is 9.47 Å². The van der Waals surface area contributed by atoms with Crippen molar-refractivity contribution in [2.75, 3.05) is 6.61 Å². The second kappa shape index (κ2) is 11.9. The monoisotopic (exact) mass is 536 g/mol. The van der Waals surface area contributed by atoms with Crippen LogP contribution in [0.3, 0.4) is 0 Å². The quantitative estimate of drug-likeness (QED) is 0.296. The topological polar surface area (TPSA) is 69.9 Å². The molecule has 5 rings (SSSR count). The zero-order chi connectivity index (χ0) is 27.2. The van der Waals surface area contributed by atoms with Crippen LogP contribution in [-0.2, 0) is 16.1 Å². The van der Waals surface area contributed by atoms with Gasteiger partial charge < -0.3 is 9.47 Å². The maximum absolute atomic E-state index is 13.6. The molecule has 1 aromatic heterocycles. The highest BCUT2D eigenvalue weighted by Gasteiger charge is 2.33. The first-order chi connectivity index (χ1) is 19.0. The lowest BCUT2D eigenvalue weighted by molar-refractivity contribution is -0.139. The third-order valence-electron chi connectivity index (χ3n) is 6.30. The van der Waals surface area contributed by atoms with E-state index in [0.29, 0.717) is 33.0 Å². The molecular weight excluding hydrogens is 508 g/mol. The Labute approximate surface area is 230 Å². The SMILES string of the molecule is CCOC(=O)C1=C(C)N=c2s/c(=C\C=C\c3ccccc3)c(=O)n2C1c1ccc(OCc2ccccc2)cc1. The van der Waals surface area contributed by atoms with E-state index in [2.05, 4.69) is 4.99 Å². The number of esters is 1. The van der Waals surface area contributed by atoms with Gasteiger partial charge in [0.2, 0.25) is 0 Å². The van der Waals surface area contributed by atoms with Gasteiger partial charge in [-0.15, -0.1) is 0 Å². The number of hydrogen-bond acceptors (Lipinski definition) is 6. The third kappa shape index (κ3) is 5.84. The summed E-state index contributed by atoms with van der Waals surface area (Å²) in [6.45, 7) is 4.21. The van der Waals surface area contributed by atoms with Crippen molar-refractivity contribution in [3.8, 4) is 5.75 Å². The molecule has 0 bridgehead atoms. The fraction of sp³-hybridized carbons (Fsp3) is 0.156. The summed E-state index contributed by atoms with van der Waals surface area (Å²) < 4.78 is 13.4. The van der Waals surface area contributed by atoms with Crippen LogP contribution < -0.4 is 19.6 Å². The van der Waals surface area contributed by atoms with E-state index in [-0.39, 0.29) is 12.2 Å². The van der Waals surface area contributed by atoms with Crippen molar-refractivity contribution in [3.05, 3.63) is 139 Å². The Hall–Kier alpha value is -4.49. The first kappa shape index (κ1) is 26.1. The molecule has 1 unspecified atom stereocenters. The smallest absolute Gasteiger partial charge is 0.338 e. The largest absolute Gasteiger partial charge is 0.489 e. The van der Waals surface area contributed by atoms with Crippen LogP contribution >= 0.6 is 11.3 Å². The van der Waals surface area contributed by atoms with Crippen LogP contribution in [0.5, 0.6) is 5.75 Å². The van der Waals surface area contributed by atoms with Crippen molar-refractivity contribution in [1.29, 1.82) is 0 Å². The molecule has 0 amide bonds. The molecule has 1 aliphatic rings. The molecule has 0 saturated carbocycles. The molecule has 3 aromatic carbocycles. The van der Waals surface area contributed by atoms with Gasteiger partial charge in [0.05, 0.1) is 28.5 Å². The predicted octanol–water partition coefficient (Wildman–Crippen LogP) is 5.04. The maximum Gasteiger partial charge on any atom is 0.338 e. The van der Waals surface area contributed by atoms with Gasteiger partial charge in [-0.1, -0.05) is 96.3 Å². The number of rotatable bonds is 8. The highest BCUT2D eigenvalue weighted by Crippen LogP contribution is 2.31. The lowest BCUT2D eigenvalue weighted by Gasteiger charge is -2.24. The van der Waals surface area contributed by atoms with Gasteiger partial charge in [-0.05, 0) is 48.7 Å². The van der Waals surface area contributed by atoms with Gasteiger partial charge in [0, 0.05) is 0 Å². The van der Waals surface area contributed by atoms with Gasteiger partial charge in [-0.3, -0.25) is 9.36 Å². The van der Waals surface area contributed by atoms with Gasteiger partial charge in [-0.25, -0.2) is 9.79 Å². The summed E-state index contributed by atoms with van der Waals surface area (Å²) in [7, 11) is 0. The molecule has 6 nitrogen and oxygen atoms in total. The van der Waals surface area contributed by atoms with Crippen LogP contribution in [0.4, 0.5) is 0 Å². The fourth-order valence-electron chi connectivity index (χ4n) is 4.42. The van der Waals surface area contributed by atoms with Crippen molar-refractivity contribution in [1.82, 2.24) is 4.57 Å². The molecule has 0 fully saturated rings. The summed E-state index contributed by atoms with van der Waals surface area (Å²) in [5, 5.41) is 0. The standard InChI is InChI=1S/C32H28N2O4S/c1-3-37-31(36)28-22(2)33-32-34(30(35)27(39-32)16-10-15-23-11-6-4-7-12-23)29(28)25-17-19-26(20-18-25)38-21-24-13-8-5-9-14-24/h4-20,29H,3,21H2,1-2H3/b15-10+,27-16-. The van der Waals surface area contributed by atoms with E-state index in [0.717, 1.165) is 16.7 Å². The van der Waals surface area contributed by atoms with Crippen molar-refractivity contribution in [2.24, 2.45) is 4.99 Å². The summed E-state index contributed by atoms with van der Waals surface area (Å²) in [5.74, 6) is 0.214. The molecule has 2 heterocycles. The number of carbonyl (C=O) groups excluding carboxylic acids is 1. The third-order valence-corrected chi connectivity index (χ3v) is 7.30. The van der Waals surface area contributed by atoms with Gasteiger partial charge in [-0.2, -0.15) is 0 Å². The maximum atomic E-state index is 13.6. The van der Waals surface area contributed by atoms with Crippen LogP contribution in [-0.4, -0.2) is 17.1 Å². The molecule has 39 heavy (non-hydrogen) atoms. The molecule has 0 N–H and O–H groups in total. The highest BCUT2D eigenvalue weighted by atomic mass is 32.1. The van der Waals surface area contributed by atoms with Crippen molar-refractivity contribution in [3.63, 3.8) is 0 Å². The van der Waals surface area contributed by atoms with Crippen molar-refractivity contribution >= 4 is 29.5 Å². The van der Waals surface area contributed by atoms with E-state index < -0.39 is 12.0 Å². The molecule has 196 valence electrons. The number of aromatic nitrogens is 1. The van der Waals surface area contributed by atoms with Crippen molar-refractivity contribution < 1.29 is 14.3 Å². The molecule has 1 atom stereocenters. The Bertz CT molecular complexity index is 1700. The molecule has 0 spiro atoms. The Morgan fingerprint density at radius 3 is 2.38 bits per heavy atom. The van der Waals surface area contributed by atoms with Crippen LogP contribution in [0.2, 0.25) is 0 Å². The Kier molecular flexibility index (Phi) is 7.99. The zero-order valence-electron chi connectivity index (χ0n) is 21.7. The minimum Gasteiger partial charge on any atom is -0.489 e. The van der Waals surface area contributed by atoms with Crippen molar-refractivity contribution in [2.45, 2.75) is 26.5 Å². The number of ether oxygens (including phenoxy) is 2. The van der Waals surface area contributed by atoms with E-state index in [9.17, 15) is 9.59 Å².